The van der Waals surface area contributed by atoms with Gasteiger partial charge in [0.05, 0.1) is 7.11 Å². The van der Waals surface area contributed by atoms with Crippen molar-refractivity contribution in [2.24, 2.45) is 0 Å². The standard InChI is InChI=1S/C18H22O2/c1-3-4-6-15-7-5-8-18(13-15)20-14-16-9-11-17(19-2)12-10-16/h5,7-13H,3-4,6,14H2,1-2H3. The molecule has 0 saturated heterocycles. The predicted octanol–water partition coefficient (Wildman–Crippen LogP) is 4.62. The Morgan fingerprint density at radius 2 is 1.70 bits per heavy atom. The molecule has 0 saturated carbocycles. The highest BCUT2D eigenvalue weighted by Crippen LogP contribution is 2.18. The Morgan fingerprint density at radius 3 is 2.40 bits per heavy atom. The van der Waals surface area contributed by atoms with Gasteiger partial charge in [0.25, 0.3) is 0 Å². The van der Waals surface area contributed by atoms with Crippen LogP contribution in [-0.4, -0.2) is 7.11 Å². The summed E-state index contributed by atoms with van der Waals surface area (Å²) in [5.74, 6) is 1.81. The molecule has 0 heterocycles. The summed E-state index contributed by atoms with van der Waals surface area (Å²) in [5, 5.41) is 0. The molecule has 2 heteroatoms. The molecule has 0 N–H and O–H groups in total. The molecule has 0 aliphatic rings. The minimum Gasteiger partial charge on any atom is -0.497 e. The number of unbranched alkanes of at least 4 members (excludes halogenated alkanes) is 1. The average Bonchev–Trinajstić information content (AvgIpc) is 2.52. The van der Waals surface area contributed by atoms with Crippen molar-refractivity contribution in [3.63, 3.8) is 0 Å². The van der Waals surface area contributed by atoms with Crippen molar-refractivity contribution in [3.8, 4) is 11.5 Å². The molecule has 2 nitrogen and oxygen atoms in total. The van der Waals surface area contributed by atoms with Crippen molar-refractivity contribution >= 4 is 0 Å². The highest BCUT2D eigenvalue weighted by atomic mass is 16.5. The van der Waals surface area contributed by atoms with Gasteiger partial charge in [-0.15, -0.1) is 0 Å². The third kappa shape index (κ3) is 4.30. The number of benzene rings is 2. The quantitative estimate of drug-likeness (QED) is 0.731. The van der Waals surface area contributed by atoms with Crippen LogP contribution in [0.5, 0.6) is 11.5 Å². The van der Waals surface area contributed by atoms with Crippen LogP contribution < -0.4 is 9.47 Å². The van der Waals surface area contributed by atoms with E-state index in [1.807, 2.05) is 30.3 Å². The van der Waals surface area contributed by atoms with Crippen molar-refractivity contribution < 1.29 is 9.47 Å². The predicted molar refractivity (Wildman–Crippen MR) is 82.4 cm³/mol. The first-order valence-corrected chi connectivity index (χ1v) is 7.16. The van der Waals surface area contributed by atoms with Crippen LogP contribution in [0.15, 0.2) is 48.5 Å². The minimum atomic E-state index is 0.585. The number of hydrogen-bond donors (Lipinski definition) is 0. The number of ether oxygens (including phenoxy) is 2. The molecule has 0 radical (unpaired) electrons. The van der Waals surface area contributed by atoms with Crippen LogP contribution in [0.1, 0.15) is 30.9 Å². The monoisotopic (exact) mass is 270 g/mol. The van der Waals surface area contributed by atoms with Crippen LogP contribution in [0.2, 0.25) is 0 Å². The van der Waals surface area contributed by atoms with E-state index in [9.17, 15) is 0 Å². The van der Waals surface area contributed by atoms with Crippen molar-refractivity contribution in [1.82, 2.24) is 0 Å². The smallest absolute Gasteiger partial charge is 0.120 e. The van der Waals surface area contributed by atoms with Crippen LogP contribution in [0.25, 0.3) is 0 Å². The summed E-state index contributed by atoms with van der Waals surface area (Å²) in [4.78, 5) is 0. The lowest BCUT2D eigenvalue weighted by molar-refractivity contribution is 0.305. The van der Waals surface area contributed by atoms with Crippen LogP contribution in [0.4, 0.5) is 0 Å². The molecule has 2 aromatic carbocycles. The molecule has 0 bridgehead atoms. The largest absolute Gasteiger partial charge is 0.497 e. The van der Waals surface area contributed by atoms with Crippen LogP contribution >= 0.6 is 0 Å². The van der Waals surface area contributed by atoms with Gasteiger partial charge in [0.15, 0.2) is 0 Å². The van der Waals surface area contributed by atoms with E-state index in [4.69, 9.17) is 9.47 Å². The van der Waals surface area contributed by atoms with Crippen LogP contribution in [-0.2, 0) is 13.0 Å². The molecule has 0 unspecified atom stereocenters. The van der Waals surface area contributed by atoms with Crippen LogP contribution in [0, 0.1) is 0 Å². The fourth-order valence-electron chi connectivity index (χ4n) is 2.06. The van der Waals surface area contributed by atoms with Crippen molar-refractivity contribution in [2.45, 2.75) is 32.8 Å². The van der Waals surface area contributed by atoms with Crippen molar-refractivity contribution in [2.75, 3.05) is 7.11 Å². The van der Waals surface area contributed by atoms with E-state index in [0.29, 0.717) is 6.61 Å². The van der Waals surface area contributed by atoms with E-state index in [-0.39, 0.29) is 0 Å². The molecule has 0 fully saturated rings. The van der Waals surface area contributed by atoms with E-state index >= 15 is 0 Å². The van der Waals surface area contributed by atoms with Gasteiger partial charge in [0.2, 0.25) is 0 Å². The highest BCUT2D eigenvalue weighted by molar-refractivity contribution is 5.30. The molecule has 0 aliphatic heterocycles. The van der Waals surface area contributed by atoms with Crippen LogP contribution in [0.3, 0.4) is 0 Å². The maximum absolute atomic E-state index is 5.85. The van der Waals surface area contributed by atoms with Crippen molar-refractivity contribution in [1.29, 1.82) is 0 Å². The Bertz CT molecular complexity index is 517. The maximum Gasteiger partial charge on any atom is 0.120 e. The van der Waals surface area contributed by atoms with E-state index in [0.717, 1.165) is 23.5 Å². The van der Waals surface area contributed by atoms with Gasteiger partial charge in [0, 0.05) is 0 Å². The Kier molecular flexibility index (Phi) is 5.48. The molecule has 0 amide bonds. The SMILES string of the molecule is CCCCc1cccc(OCc2ccc(OC)cc2)c1. The van der Waals surface area contributed by atoms with Gasteiger partial charge in [-0.1, -0.05) is 37.6 Å². The first-order chi connectivity index (χ1) is 9.81. The van der Waals surface area contributed by atoms with Gasteiger partial charge < -0.3 is 9.47 Å². The molecule has 106 valence electrons. The summed E-state index contributed by atoms with van der Waals surface area (Å²) in [5.41, 5.74) is 2.49. The number of hydrogen-bond acceptors (Lipinski definition) is 2. The summed E-state index contributed by atoms with van der Waals surface area (Å²) in [6, 6.07) is 16.3. The summed E-state index contributed by atoms with van der Waals surface area (Å²) in [6.07, 6.45) is 3.56. The summed E-state index contributed by atoms with van der Waals surface area (Å²) in [7, 11) is 1.67. The first-order valence-electron chi connectivity index (χ1n) is 7.16. The molecule has 0 spiro atoms. The Balaban J connectivity index is 1.92. The third-order valence-electron chi connectivity index (χ3n) is 3.28. The molecule has 20 heavy (non-hydrogen) atoms. The number of aryl methyl sites for hydroxylation is 1. The van der Waals surface area contributed by atoms with Gasteiger partial charge in [-0.05, 0) is 48.2 Å². The van der Waals surface area contributed by atoms with Crippen molar-refractivity contribution in [3.05, 3.63) is 59.7 Å². The Hall–Kier alpha value is -1.96. The fourth-order valence-corrected chi connectivity index (χ4v) is 2.06. The topological polar surface area (TPSA) is 18.5 Å². The van der Waals surface area contributed by atoms with Gasteiger partial charge in [-0.3, -0.25) is 0 Å². The second-order valence-electron chi connectivity index (χ2n) is 4.89. The molecule has 2 rings (SSSR count). The van der Waals surface area contributed by atoms with Gasteiger partial charge in [-0.2, -0.15) is 0 Å². The maximum atomic E-state index is 5.85. The zero-order valence-electron chi connectivity index (χ0n) is 12.3. The van der Waals surface area contributed by atoms with E-state index < -0.39 is 0 Å². The third-order valence-corrected chi connectivity index (χ3v) is 3.28. The molecular weight excluding hydrogens is 248 g/mol. The second-order valence-corrected chi connectivity index (χ2v) is 4.89. The summed E-state index contributed by atoms with van der Waals surface area (Å²) in [6.45, 7) is 2.80. The Morgan fingerprint density at radius 1 is 0.900 bits per heavy atom. The molecule has 2 aromatic rings. The van der Waals surface area contributed by atoms with E-state index in [1.54, 1.807) is 7.11 Å². The number of methoxy groups -OCH3 is 1. The Labute approximate surface area is 121 Å². The molecule has 0 atom stereocenters. The second kappa shape index (κ2) is 7.59. The fraction of sp³-hybridized carbons (Fsp3) is 0.333. The van der Waals surface area contributed by atoms with Gasteiger partial charge in [-0.25, -0.2) is 0 Å². The summed E-state index contributed by atoms with van der Waals surface area (Å²) < 4.78 is 11.0. The lowest BCUT2D eigenvalue weighted by Gasteiger charge is -2.08. The molecule has 0 aromatic heterocycles. The normalized spacial score (nSPS) is 10.3. The zero-order chi connectivity index (χ0) is 14.2. The lowest BCUT2D eigenvalue weighted by atomic mass is 10.1. The molecule has 0 aliphatic carbocycles. The highest BCUT2D eigenvalue weighted by Gasteiger charge is 1.99. The summed E-state index contributed by atoms with van der Waals surface area (Å²) >= 11 is 0. The first kappa shape index (κ1) is 14.4. The number of rotatable bonds is 7. The zero-order valence-corrected chi connectivity index (χ0v) is 12.3. The van der Waals surface area contributed by atoms with Gasteiger partial charge >= 0.3 is 0 Å². The minimum absolute atomic E-state index is 0.585. The lowest BCUT2D eigenvalue weighted by Crippen LogP contribution is -1.96. The average molecular weight is 270 g/mol. The molecular formula is C18H22O2. The van der Waals surface area contributed by atoms with E-state index in [2.05, 4.69) is 25.1 Å². The van der Waals surface area contributed by atoms with Gasteiger partial charge in [0.1, 0.15) is 18.1 Å². The van der Waals surface area contributed by atoms with E-state index in [1.165, 1.54) is 18.4 Å².